The normalized spacial score (nSPS) is 20.2. The minimum Gasteiger partial charge on any atom is -0.311 e. The van der Waals surface area contributed by atoms with Crippen molar-refractivity contribution in [3.05, 3.63) is 22.5 Å². The number of hydrogen-bond donors (Lipinski definition) is 1. The second-order valence-corrected chi connectivity index (χ2v) is 7.03. The summed E-state index contributed by atoms with van der Waals surface area (Å²) in [6.45, 7) is 12.3. The summed E-state index contributed by atoms with van der Waals surface area (Å²) >= 11 is 1.77. The van der Waals surface area contributed by atoms with E-state index < -0.39 is 0 Å². The molecule has 0 spiro atoms. The van der Waals surface area contributed by atoms with Gasteiger partial charge in [-0.1, -0.05) is 6.92 Å². The van der Waals surface area contributed by atoms with Crippen LogP contribution < -0.4 is 5.32 Å². The molecule has 2 aromatic heterocycles. The number of thiazole rings is 1. The molecule has 0 saturated carbocycles. The van der Waals surface area contributed by atoms with E-state index in [1.54, 1.807) is 11.3 Å². The zero-order valence-electron chi connectivity index (χ0n) is 12.6. The molecule has 3 rings (SSSR count). The highest BCUT2D eigenvalue weighted by Gasteiger charge is 2.20. The average molecular weight is 292 g/mol. The lowest BCUT2D eigenvalue weighted by atomic mass is 10.1. The molecule has 1 saturated heterocycles. The third-order valence-electron chi connectivity index (χ3n) is 4.28. The summed E-state index contributed by atoms with van der Waals surface area (Å²) in [6, 6.07) is 0. The van der Waals surface area contributed by atoms with Crippen LogP contribution in [-0.2, 0) is 6.54 Å². The van der Waals surface area contributed by atoms with Gasteiger partial charge in [-0.15, -0.1) is 11.3 Å². The first-order chi connectivity index (χ1) is 9.67. The fraction of sp³-hybridized carbons (Fsp3) is 0.667. The van der Waals surface area contributed by atoms with Crippen molar-refractivity contribution in [1.29, 1.82) is 0 Å². The maximum Gasteiger partial charge on any atom is 0.194 e. The monoisotopic (exact) mass is 292 g/mol. The van der Waals surface area contributed by atoms with E-state index in [-0.39, 0.29) is 0 Å². The van der Waals surface area contributed by atoms with Crippen molar-refractivity contribution in [1.82, 2.24) is 19.6 Å². The van der Waals surface area contributed by atoms with Gasteiger partial charge in [-0.3, -0.25) is 4.40 Å². The third-order valence-corrected chi connectivity index (χ3v) is 5.18. The fourth-order valence-electron chi connectivity index (χ4n) is 3.08. The van der Waals surface area contributed by atoms with Crippen LogP contribution in [0.4, 0.5) is 0 Å². The number of rotatable bonds is 5. The molecule has 1 aliphatic heterocycles. The molecule has 1 atom stereocenters. The zero-order chi connectivity index (χ0) is 14.1. The minimum absolute atomic E-state index is 0.808. The number of fused-ring (bicyclic) bond motifs is 1. The molecular weight excluding hydrogens is 268 g/mol. The molecule has 1 aliphatic rings. The largest absolute Gasteiger partial charge is 0.311 e. The standard InChI is InChI=1S/C15H24N4S/c1-4-18-6-5-13(10-18)7-16-8-14-12(3)17-15-19(14)9-11(2)20-15/h9,13,16H,4-8,10H2,1-3H3. The number of imidazole rings is 1. The van der Waals surface area contributed by atoms with Gasteiger partial charge in [0, 0.05) is 24.2 Å². The van der Waals surface area contributed by atoms with Crippen molar-refractivity contribution < 1.29 is 0 Å². The lowest BCUT2D eigenvalue weighted by Gasteiger charge is -2.13. The fourth-order valence-corrected chi connectivity index (χ4v) is 3.97. The van der Waals surface area contributed by atoms with Crippen molar-refractivity contribution in [3.8, 4) is 0 Å². The van der Waals surface area contributed by atoms with E-state index in [2.05, 4.69) is 46.6 Å². The number of nitrogens with zero attached hydrogens (tertiary/aromatic N) is 3. The smallest absolute Gasteiger partial charge is 0.194 e. The van der Waals surface area contributed by atoms with E-state index in [9.17, 15) is 0 Å². The Hall–Kier alpha value is -0.910. The van der Waals surface area contributed by atoms with E-state index >= 15 is 0 Å². The highest BCUT2D eigenvalue weighted by Crippen LogP contribution is 2.21. The molecule has 110 valence electrons. The summed E-state index contributed by atoms with van der Waals surface area (Å²) in [4.78, 5) is 9.62. The maximum absolute atomic E-state index is 4.64. The van der Waals surface area contributed by atoms with Gasteiger partial charge in [-0.05, 0) is 45.8 Å². The molecule has 1 fully saturated rings. The quantitative estimate of drug-likeness (QED) is 0.919. The Bertz CT molecular complexity index is 586. The maximum atomic E-state index is 4.64. The van der Waals surface area contributed by atoms with E-state index in [1.165, 1.54) is 36.6 Å². The summed E-state index contributed by atoms with van der Waals surface area (Å²) in [6.07, 6.45) is 3.53. The van der Waals surface area contributed by atoms with E-state index in [4.69, 9.17) is 0 Å². The molecule has 1 unspecified atom stereocenters. The predicted molar refractivity (Wildman–Crippen MR) is 84.5 cm³/mol. The van der Waals surface area contributed by atoms with Gasteiger partial charge >= 0.3 is 0 Å². The number of hydrogen-bond acceptors (Lipinski definition) is 4. The first-order valence-corrected chi connectivity index (χ1v) is 8.36. The molecule has 0 bridgehead atoms. The molecule has 1 N–H and O–H groups in total. The molecule has 0 aliphatic carbocycles. The van der Waals surface area contributed by atoms with E-state index in [0.29, 0.717) is 0 Å². The molecule has 20 heavy (non-hydrogen) atoms. The molecule has 0 amide bonds. The average Bonchev–Trinajstić information content (AvgIpc) is 3.07. The number of aromatic nitrogens is 2. The Morgan fingerprint density at radius 2 is 2.30 bits per heavy atom. The van der Waals surface area contributed by atoms with Crippen LogP contribution in [0.1, 0.15) is 29.6 Å². The van der Waals surface area contributed by atoms with Crippen molar-refractivity contribution in [2.75, 3.05) is 26.2 Å². The topological polar surface area (TPSA) is 32.6 Å². The number of likely N-dealkylation sites (tertiary alicyclic amines) is 1. The Labute approximate surface area is 124 Å². The molecular formula is C15H24N4S. The van der Waals surface area contributed by atoms with Gasteiger partial charge in [-0.25, -0.2) is 4.98 Å². The second-order valence-electron chi connectivity index (χ2n) is 5.82. The van der Waals surface area contributed by atoms with Crippen LogP contribution in [0.3, 0.4) is 0 Å². The highest BCUT2D eigenvalue weighted by atomic mass is 32.1. The minimum atomic E-state index is 0.808. The Kier molecular flexibility index (Phi) is 4.10. The lowest BCUT2D eigenvalue weighted by Crippen LogP contribution is -2.26. The molecule has 0 aromatic carbocycles. The van der Waals surface area contributed by atoms with Gasteiger partial charge in [0.25, 0.3) is 0 Å². The Morgan fingerprint density at radius 3 is 3.05 bits per heavy atom. The van der Waals surface area contributed by atoms with Crippen LogP contribution in [0.15, 0.2) is 6.20 Å². The highest BCUT2D eigenvalue weighted by molar-refractivity contribution is 7.17. The predicted octanol–water partition coefficient (Wildman–Crippen LogP) is 2.44. The lowest BCUT2D eigenvalue weighted by molar-refractivity contribution is 0.338. The summed E-state index contributed by atoms with van der Waals surface area (Å²) < 4.78 is 2.25. The van der Waals surface area contributed by atoms with Gasteiger partial charge in [0.2, 0.25) is 0 Å². The molecule has 3 heterocycles. The third kappa shape index (κ3) is 2.75. The summed E-state index contributed by atoms with van der Waals surface area (Å²) in [5, 5.41) is 3.63. The van der Waals surface area contributed by atoms with Crippen LogP contribution in [0.2, 0.25) is 0 Å². The van der Waals surface area contributed by atoms with Crippen LogP contribution in [0, 0.1) is 19.8 Å². The van der Waals surface area contributed by atoms with Crippen molar-refractivity contribution in [2.24, 2.45) is 5.92 Å². The van der Waals surface area contributed by atoms with Crippen molar-refractivity contribution >= 4 is 16.3 Å². The van der Waals surface area contributed by atoms with Crippen LogP contribution >= 0.6 is 11.3 Å². The Balaban J connectivity index is 1.58. The first kappa shape index (κ1) is 14.0. The van der Waals surface area contributed by atoms with Crippen molar-refractivity contribution in [3.63, 3.8) is 0 Å². The van der Waals surface area contributed by atoms with Crippen LogP contribution in [0.5, 0.6) is 0 Å². The molecule has 0 radical (unpaired) electrons. The van der Waals surface area contributed by atoms with Crippen LogP contribution in [0.25, 0.3) is 4.96 Å². The molecule has 4 nitrogen and oxygen atoms in total. The van der Waals surface area contributed by atoms with Gasteiger partial charge in [0.15, 0.2) is 4.96 Å². The zero-order valence-corrected chi connectivity index (χ0v) is 13.5. The summed E-state index contributed by atoms with van der Waals surface area (Å²) in [5.74, 6) is 0.808. The van der Waals surface area contributed by atoms with Crippen LogP contribution in [-0.4, -0.2) is 40.5 Å². The molecule has 5 heteroatoms. The van der Waals surface area contributed by atoms with Gasteiger partial charge < -0.3 is 10.2 Å². The SMILES string of the molecule is CCN1CCC(CNCc2c(C)nc3sc(C)cn23)C1. The number of aryl methyl sites for hydroxylation is 2. The molecule has 2 aromatic rings. The Morgan fingerprint density at radius 1 is 1.45 bits per heavy atom. The van der Waals surface area contributed by atoms with Gasteiger partial charge in [0.1, 0.15) is 0 Å². The van der Waals surface area contributed by atoms with E-state index in [0.717, 1.165) is 29.7 Å². The summed E-state index contributed by atoms with van der Waals surface area (Å²) in [7, 11) is 0. The van der Waals surface area contributed by atoms with E-state index in [1.807, 2.05) is 0 Å². The first-order valence-electron chi connectivity index (χ1n) is 7.54. The number of nitrogens with one attached hydrogen (secondary N) is 1. The van der Waals surface area contributed by atoms with Gasteiger partial charge in [-0.2, -0.15) is 0 Å². The van der Waals surface area contributed by atoms with Gasteiger partial charge in [0.05, 0.1) is 11.4 Å². The second kappa shape index (κ2) is 5.84. The van der Waals surface area contributed by atoms with Crippen molar-refractivity contribution in [2.45, 2.75) is 33.7 Å². The summed E-state index contributed by atoms with van der Waals surface area (Å²) in [5.41, 5.74) is 2.47.